The molecule has 17 heavy (non-hydrogen) atoms. The van der Waals surface area contributed by atoms with E-state index in [1.807, 2.05) is 42.5 Å². The molecule has 3 heteroatoms. The Morgan fingerprint density at radius 3 is 1.94 bits per heavy atom. The van der Waals surface area contributed by atoms with Crippen LogP contribution in [0.4, 0.5) is 0 Å². The number of carbonyl (C=O) groups is 1. The molecule has 2 aromatic carbocycles. The fourth-order valence-corrected chi connectivity index (χ4v) is 1.59. The van der Waals surface area contributed by atoms with Gasteiger partial charge in [-0.2, -0.15) is 0 Å². The molecule has 2 rings (SSSR count). The molecule has 2 nitrogen and oxygen atoms in total. The van der Waals surface area contributed by atoms with Gasteiger partial charge in [-0.15, -0.1) is 0 Å². The monoisotopic (exact) mass is 234 g/mol. The van der Waals surface area contributed by atoms with Gasteiger partial charge in [-0.1, -0.05) is 54.6 Å². The van der Waals surface area contributed by atoms with Gasteiger partial charge in [0.2, 0.25) is 0 Å². The molecule has 0 N–H and O–H groups in total. The average Bonchev–Trinajstić information content (AvgIpc) is 2.31. The maximum absolute atomic E-state index is 10.6. The van der Waals surface area contributed by atoms with Gasteiger partial charge in [0.05, 0.1) is 5.97 Å². The number of benzene rings is 2. The predicted molar refractivity (Wildman–Crippen MR) is 60.0 cm³/mol. The van der Waals surface area contributed by atoms with E-state index < -0.39 is 5.97 Å². The van der Waals surface area contributed by atoms with Gasteiger partial charge < -0.3 is 9.90 Å². The topological polar surface area (TPSA) is 40.1 Å². The van der Waals surface area contributed by atoms with Crippen LogP contribution in [-0.2, 0) is 6.42 Å². The molecule has 80 valence electrons. The van der Waals surface area contributed by atoms with Crippen molar-refractivity contribution in [3.05, 3.63) is 71.3 Å². The van der Waals surface area contributed by atoms with Gasteiger partial charge in [-0.05, 0) is 23.1 Å². The van der Waals surface area contributed by atoms with Crippen LogP contribution in [0.3, 0.4) is 0 Å². The molecule has 0 amide bonds. The van der Waals surface area contributed by atoms with Gasteiger partial charge in [-0.25, -0.2) is 0 Å². The summed E-state index contributed by atoms with van der Waals surface area (Å²) in [6.07, 6.45) is 0.814. The van der Waals surface area contributed by atoms with E-state index in [9.17, 15) is 9.90 Å². The fourth-order valence-electron chi connectivity index (χ4n) is 1.59. The van der Waals surface area contributed by atoms with Crippen molar-refractivity contribution in [2.24, 2.45) is 0 Å². The third-order valence-corrected chi connectivity index (χ3v) is 2.44. The SMILES string of the molecule is O=C([O-])c1ccc(Cc2ccccc2)cc1.[Na+]. The predicted octanol–water partition coefficient (Wildman–Crippen LogP) is -1.36. The van der Waals surface area contributed by atoms with E-state index in [1.165, 1.54) is 5.56 Å². The van der Waals surface area contributed by atoms with Gasteiger partial charge in [-0.3, -0.25) is 0 Å². The fraction of sp³-hybridized carbons (Fsp3) is 0.0714. The van der Waals surface area contributed by atoms with Crippen molar-refractivity contribution in [3.63, 3.8) is 0 Å². The van der Waals surface area contributed by atoms with Crippen LogP contribution in [-0.4, -0.2) is 5.97 Å². The van der Waals surface area contributed by atoms with Crippen LogP contribution in [0.1, 0.15) is 21.5 Å². The van der Waals surface area contributed by atoms with Gasteiger partial charge in [0.1, 0.15) is 0 Å². The first kappa shape index (κ1) is 14.0. The van der Waals surface area contributed by atoms with Crippen LogP contribution in [0.25, 0.3) is 0 Å². The Balaban J connectivity index is 0.00000144. The summed E-state index contributed by atoms with van der Waals surface area (Å²) in [5, 5.41) is 10.6. The van der Waals surface area contributed by atoms with Crippen molar-refractivity contribution in [1.82, 2.24) is 0 Å². The molecule has 0 bridgehead atoms. The minimum atomic E-state index is -1.13. The van der Waals surface area contributed by atoms with Crippen molar-refractivity contribution < 1.29 is 39.5 Å². The Labute approximate surface area is 123 Å². The zero-order chi connectivity index (χ0) is 11.4. The average molecular weight is 234 g/mol. The molecule has 0 aliphatic heterocycles. The molecule has 0 radical (unpaired) electrons. The van der Waals surface area contributed by atoms with E-state index in [1.54, 1.807) is 12.1 Å². The second kappa shape index (κ2) is 6.60. The van der Waals surface area contributed by atoms with Crippen LogP contribution < -0.4 is 34.7 Å². The van der Waals surface area contributed by atoms with E-state index in [0.29, 0.717) is 0 Å². The van der Waals surface area contributed by atoms with Crippen molar-refractivity contribution in [2.75, 3.05) is 0 Å². The normalized spacial score (nSPS) is 9.41. The molecule has 0 fully saturated rings. The number of hydrogen-bond acceptors (Lipinski definition) is 2. The molecule has 0 aliphatic rings. The zero-order valence-corrected chi connectivity index (χ0v) is 11.7. The Morgan fingerprint density at radius 2 is 1.41 bits per heavy atom. The molecule has 0 atom stereocenters. The molecular formula is C14H11NaO2. The smallest absolute Gasteiger partial charge is 0.545 e. The van der Waals surface area contributed by atoms with Crippen LogP contribution >= 0.6 is 0 Å². The maximum atomic E-state index is 10.6. The zero-order valence-electron chi connectivity index (χ0n) is 9.72. The summed E-state index contributed by atoms with van der Waals surface area (Å²) >= 11 is 0. The van der Waals surface area contributed by atoms with Crippen LogP contribution in [0, 0.1) is 0 Å². The molecule has 0 aromatic heterocycles. The molecule has 0 heterocycles. The van der Waals surface area contributed by atoms with Crippen LogP contribution in [0.15, 0.2) is 54.6 Å². The van der Waals surface area contributed by atoms with Crippen molar-refractivity contribution in [3.8, 4) is 0 Å². The molecule has 0 spiro atoms. The second-order valence-corrected chi connectivity index (χ2v) is 3.65. The summed E-state index contributed by atoms with van der Waals surface area (Å²) in [6, 6.07) is 16.8. The number of carboxylic acid groups (broad SMARTS) is 1. The Morgan fingerprint density at radius 1 is 0.882 bits per heavy atom. The van der Waals surface area contributed by atoms with E-state index in [2.05, 4.69) is 0 Å². The number of aromatic carboxylic acids is 1. The Bertz CT molecular complexity index is 477. The van der Waals surface area contributed by atoms with E-state index in [4.69, 9.17) is 0 Å². The number of carbonyl (C=O) groups excluding carboxylic acids is 1. The minimum absolute atomic E-state index is 0. The second-order valence-electron chi connectivity index (χ2n) is 3.65. The summed E-state index contributed by atoms with van der Waals surface area (Å²) in [4.78, 5) is 10.6. The summed E-state index contributed by atoms with van der Waals surface area (Å²) in [6.45, 7) is 0. The molecule has 0 saturated carbocycles. The van der Waals surface area contributed by atoms with E-state index in [-0.39, 0.29) is 35.1 Å². The first-order chi connectivity index (χ1) is 7.75. The van der Waals surface area contributed by atoms with Crippen LogP contribution in [0.2, 0.25) is 0 Å². The Kier molecular flexibility index (Phi) is 5.42. The van der Waals surface area contributed by atoms with Gasteiger partial charge in [0.15, 0.2) is 0 Å². The van der Waals surface area contributed by atoms with Gasteiger partial charge in [0, 0.05) is 0 Å². The summed E-state index contributed by atoms with van der Waals surface area (Å²) < 4.78 is 0. The summed E-state index contributed by atoms with van der Waals surface area (Å²) in [5.74, 6) is -1.13. The summed E-state index contributed by atoms with van der Waals surface area (Å²) in [7, 11) is 0. The standard InChI is InChI=1S/C14H12O2.Na/c15-14(16)13-8-6-12(7-9-13)10-11-4-2-1-3-5-11;/h1-9H,10H2,(H,15,16);/q;+1/p-1. The quantitative estimate of drug-likeness (QED) is 0.616. The van der Waals surface area contributed by atoms with Crippen molar-refractivity contribution in [2.45, 2.75) is 6.42 Å². The maximum Gasteiger partial charge on any atom is 1.00 e. The van der Waals surface area contributed by atoms with Crippen LogP contribution in [0.5, 0.6) is 0 Å². The third-order valence-electron chi connectivity index (χ3n) is 2.44. The minimum Gasteiger partial charge on any atom is -0.545 e. The van der Waals surface area contributed by atoms with Gasteiger partial charge in [0.25, 0.3) is 0 Å². The third kappa shape index (κ3) is 4.00. The Hall–Kier alpha value is -1.09. The summed E-state index contributed by atoms with van der Waals surface area (Å²) in [5.41, 5.74) is 2.52. The molecule has 0 saturated heterocycles. The number of hydrogen-bond donors (Lipinski definition) is 0. The first-order valence-electron chi connectivity index (χ1n) is 5.10. The van der Waals surface area contributed by atoms with E-state index in [0.717, 1.165) is 12.0 Å². The molecule has 2 aromatic rings. The van der Waals surface area contributed by atoms with Crippen molar-refractivity contribution >= 4 is 5.97 Å². The van der Waals surface area contributed by atoms with Gasteiger partial charge >= 0.3 is 29.6 Å². The number of rotatable bonds is 3. The number of carboxylic acids is 1. The van der Waals surface area contributed by atoms with E-state index >= 15 is 0 Å². The molecule has 0 unspecified atom stereocenters. The molecular weight excluding hydrogens is 223 g/mol. The molecule has 0 aliphatic carbocycles. The first-order valence-corrected chi connectivity index (χ1v) is 5.10. The largest absolute Gasteiger partial charge is 1.00 e. The van der Waals surface area contributed by atoms with Crippen molar-refractivity contribution in [1.29, 1.82) is 0 Å².